The van der Waals surface area contributed by atoms with Crippen LogP contribution in [0, 0.1) is 10.1 Å². The number of carbonyl (C=O) groups excluding carboxylic acids is 2. The van der Waals surface area contributed by atoms with Gasteiger partial charge in [0.05, 0.1) is 29.9 Å². The van der Waals surface area contributed by atoms with E-state index in [1.807, 2.05) is 6.92 Å². The van der Waals surface area contributed by atoms with Crippen molar-refractivity contribution in [1.82, 2.24) is 5.43 Å². The van der Waals surface area contributed by atoms with E-state index >= 15 is 0 Å². The minimum atomic E-state index is -0.601. The number of carbonyl (C=O) groups is 2. The van der Waals surface area contributed by atoms with E-state index in [4.69, 9.17) is 14.2 Å². The number of hydrazone groups is 1. The van der Waals surface area contributed by atoms with Gasteiger partial charge in [0.25, 0.3) is 11.6 Å². The van der Waals surface area contributed by atoms with Gasteiger partial charge in [-0.05, 0) is 67.9 Å². The van der Waals surface area contributed by atoms with Gasteiger partial charge in [0.2, 0.25) is 0 Å². The maximum absolute atomic E-state index is 12.5. The molecule has 0 saturated carbocycles. The SMILES string of the molecule is CCOc1ccc(C(=O)Oc2ccc(/C=N/NC(=O)c3cccc([N+](=O)[O-])c3)cc2OCC)cc1. The molecular formula is C25H23N3O7. The summed E-state index contributed by atoms with van der Waals surface area (Å²) < 4.78 is 16.5. The summed E-state index contributed by atoms with van der Waals surface area (Å²) in [5.74, 6) is 0.0417. The maximum Gasteiger partial charge on any atom is 0.343 e. The number of hydrogen-bond acceptors (Lipinski definition) is 8. The van der Waals surface area contributed by atoms with Gasteiger partial charge in [-0.25, -0.2) is 10.2 Å². The zero-order valence-corrected chi connectivity index (χ0v) is 19.1. The topological polar surface area (TPSA) is 129 Å². The Balaban J connectivity index is 1.68. The lowest BCUT2D eigenvalue weighted by atomic mass is 10.2. The normalized spacial score (nSPS) is 10.6. The molecule has 0 heterocycles. The molecule has 0 unspecified atom stereocenters. The average molecular weight is 477 g/mol. The monoisotopic (exact) mass is 477 g/mol. The Morgan fingerprint density at radius 1 is 0.943 bits per heavy atom. The molecule has 0 aromatic heterocycles. The molecule has 35 heavy (non-hydrogen) atoms. The third-order valence-electron chi connectivity index (χ3n) is 4.57. The number of benzene rings is 3. The lowest BCUT2D eigenvalue weighted by molar-refractivity contribution is -0.384. The number of nitro groups is 1. The van der Waals surface area contributed by atoms with Crippen LogP contribution < -0.4 is 19.6 Å². The average Bonchev–Trinajstić information content (AvgIpc) is 2.86. The van der Waals surface area contributed by atoms with E-state index in [9.17, 15) is 19.7 Å². The first-order chi connectivity index (χ1) is 16.9. The molecule has 3 aromatic rings. The quantitative estimate of drug-likeness (QED) is 0.151. The van der Waals surface area contributed by atoms with Crippen LogP contribution in [0.25, 0.3) is 0 Å². The van der Waals surface area contributed by atoms with Gasteiger partial charge in [0.1, 0.15) is 5.75 Å². The fraction of sp³-hybridized carbons (Fsp3) is 0.160. The van der Waals surface area contributed by atoms with Crippen LogP contribution in [0.5, 0.6) is 17.2 Å². The molecule has 0 aliphatic heterocycles. The summed E-state index contributed by atoms with van der Waals surface area (Å²) >= 11 is 0. The molecule has 3 aromatic carbocycles. The standard InChI is InChI=1S/C25H23N3O7/c1-3-33-21-11-9-18(10-12-21)25(30)35-22-13-8-17(14-23(22)34-4-2)16-26-27-24(29)19-6-5-7-20(15-19)28(31)32/h5-16H,3-4H2,1-2H3,(H,27,29)/b26-16+. The van der Waals surface area contributed by atoms with Crippen molar-refractivity contribution in [2.45, 2.75) is 13.8 Å². The molecule has 0 aliphatic rings. The van der Waals surface area contributed by atoms with Crippen molar-refractivity contribution in [1.29, 1.82) is 0 Å². The van der Waals surface area contributed by atoms with Gasteiger partial charge in [0, 0.05) is 17.7 Å². The van der Waals surface area contributed by atoms with E-state index in [1.54, 1.807) is 49.4 Å². The van der Waals surface area contributed by atoms with Crippen LogP contribution in [0.15, 0.2) is 71.8 Å². The van der Waals surface area contributed by atoms with Crippen LogP contribution in [0.2, 0.25) is 0 Å². The first kappa shape index (κ1) is 24.9. The second-order valence-corrected chi connectivity index (χ2v) is 6.99. The van der Waals surface area contributed by atoms with Crippen LogP contribution in [-0.2, 0) is 0 Å². The summed E-state index contributed by atoms with van der Waals surface area (Å²) in [7, 11) is 0. The van der Waals surface area contributed by atoms with Gasteiger partial charge >= 0.3 is 5.97 Å². The summed E-state index contributed by atoms with van der Waals surface area (Å²) in [6.07, 6.45) is 1.37. The summed E-state index contributed by atoms with van der Waals surface area (Å²) in [5, 5.41) is 14.8. The van der Waals surface area contributed by atoms with Crippen molar-refractivity contribution in [2.24, 2.45) is 5.10 Å². The smallest absolute Gasteiger partial charge is 0.343 e. The number of nitrogens with one attached hydrogen (secondary N) is 1. The van der Waals surface area contributed by atoms with Crippen molar-refractivity contribution in [2.75, 3.05) is 13.2 Å². The molecule has 0 aliphatic carbocycles. The number of nitrogens with zero attached hydrogens (tertiary/aromatic N) is 2. The number of esters is 1. The van der Waals surface area contributed by atoms with Crippen molar-refractivity contribution in [3.8, 4) is 17.2 Å². The van der Waals surface area contributed by atoms with Crippen LogP contribution >= 0.6 is 0 Å². The lowest BCUT2D eigenvalue weighted by Gasteiger charge is -2.11. The van der Waals surface area contributed by atoms with Gasteiger partial charge in [-0.15, -0.1) is 0 Å². The molecule has 180 valence electrons. The molecule has 0 saturated heterocycles. The highest BCUT2D eigenvalue weighted by molar-refractivity contribution is 5.95. The molecule has 3 rings (SSSR count). The predicted molar refractivity (Wildman–Crippen MR) is 128 cm³/mol. The molecule has 0 atom stereocenters. The van der Waals surface area contributed by atoms with Crippen molar-refractivity contribution in [3.05, 3.63) is 93.5 Å². The Labute approximate surface area is 201 Å². The Bertz CT molecular complexity index is 1240. The van der Waals surface area contributed by atoms with Gasteiger partial charge in [-0.3, -0.25) is 14.9 Å². The fourth-order valence-electron chi connectivity index (χ4n) is 2.96. The minimum absolute atomic E-state index is 0.0999. The van der Waals surface area contributed by atoms with Gasteiger partial charge in [-0.2, -0.15) is 5.10 Å². The Morgan fingerprint density at radius 3 is 2.37 bits per heavy atom. The molecule has 1 amide bonds. The van der Waals surface area contributed by atoms with E-state index in [-0.39, 0.29) is 17.0 Å². The lowest BCUT2D eigenvalue weighted by Crippen LogP contribution is -2.17. The van der Waals surface area contributed by atoms with E-state index in [0.29, 0.717) is 35.8 Å². The number of hydrogen-bond donors (Lipinski definition) is 1. The molecule has 1 N–H and O–H groups in total. The molecule has 10 nitrogen and oxygen atoms in total. The van der Waals surface area contributed by atoms with E-state index in [1.165, 1.54) is 24.4 Å². The third kappa shape index (κ3) is 6.87. The highest BCUT2D eigenvalue weighted by Gasteiger charge is 2.14. The van der Waals surface area contributed by atoms with Crippen molar-refractivity contribution >= 4 is 23.8 Å². The number of non-ortho nitro benzene ring substituents is 1. The second-order valence-electron chi connectivity index (χ2n) is 6.99. The molecule has 0 spiro atoms. The fourth-order valence-corrected chi connectivity index (χ4v) is 2.96. The zero-order valence-electron chi connectivity index (χ0n) is 19.1. The molecule has 0 bridgehead atoms. The van der Waals surface area contributed by atoms with Crippen molar-refractivity contribution in [3.63, 3.8) is 0 Å². The molecule has 10 heteroatoms. The van der Waals surface area contributed by atoms with Gasteiger partial charge < -0.3 is 14.2 Å². The number of ether oxygens (including phenoxy) is 3. The van der Waals surface area contributed by atoms with E-state index < -0.39 is 16.8 Å². The molecule has 0 radical (unpaired) electrons. The van der Waals surface area contributed by atoms with Crippen LogP contribution in [0.4, 0.5) is 5.69 Å². The number of amides is 1. The third-order valence-corrected chi connectivity index (χ3v) is 4.57. The Hall–Kier alpha value is -4.73. The number of nitro benzene ring substituents is 1. The first-order valence-electron chi connectivity index (χ1n) is 10.7. The summed E-state index contributed by atoms with van der Waals surface area (Å²) in [5.41, 5.74) is 3.14. The second kappa shape index (κ2) is 11.9. The summed E-state index contributed by atoms with van der Waals surface area (Å²) in [4.78, 5) is 35.0. The predicted octanol–water partition coefficient (Wildman–Crippen LogP) is 4.38. The van der Waals surface area contributed by atoms with Gasteiger partial charge in [-0.1, -0.05) is 6.07 Å². The largest absolute Gasteiger partial charge is 0.494 e. The van der Waals surface area contributed by atoms with E-state index in [0.717, 1.165) is 6.07 Å². The summed E-state index contributed by atoms with van der Waals surface area (Å²) in [6, 6.07) is 16.7. The van der Waals surface area contributed by atoms with Gasteiger partial charge in [0.15, 0.2) is 11.5 Å². The van der Waals surface area contributed by atoms with Crippen molar-refractivity contribution < 1.29 is 28.7 Å². The molecule has 0 fully saturated rings. The molecular weight excluding hydrogens is 454 g/mol. The highest BCUT2D eigenvalue weighted by atomic mass is 16.6. The Morgan fingerprint density at radius 2 is 1.69 bits per heavy atom. The first-order valence-corrected chi connectivity index (χ1v) is 10.7. The number of rotatable bonds is 10. The highest BCUT2D eigenvalue weighted by Crippen LogP contribution is 2.29. The summed E-state index contributed by atoms with van der Waals surface area (Å²) in [6.45, 7) is 4.52. The van der Waals surface area contributed by atoms with Crippen LogP contribution in [0.3, 0.4) is 0 Å². The van der Waals surface area contributed by atoms with Crippen LogP contribution in [0.1, 0.15) is 40.1 Å². The zero-order chi connectivity index (χ0) is 25.2. The van der Waals surface area contributed by atoms with Crippen LogP contribution in [-0.4, -0.2) is 36.2 Å². The Kier molecular flexibility index (Phi) is 8.49. The maximum atomic E-state index is 12.5. The van der Waals surface area contributed by atoms with E-state index in [2.05, 4.69) is 10.5 Å². The minimum Gasteiger partial charge on any atom is -0.494 e.